The summed E-state index contributed by atoms with van der Waals surface area (Å²) in [7, 11) is 0. The summed E-state index contributed by atoms with van der Waals surface area (Å²) >= 11 is 1.37. The van der Waals surface area contributed by atoms with Crippen molar-refractivity contribution >= 4 is 59.1 Å². The van der Waals surface area contributed by atoms with Gasteiger partial charge in [0.25, 0.3) is 0 Å². The predicted octanol–water partition coefficient (Wildman–Crippen LogP) is -2.34. The fourth-order valence-electron chi connectivity index (χ4n) is 5.59. The third kappa shape index (κ3) is 14.1. The molecule has 6 amide bonds. The quantitative estimate of drug-likeness (QED) is 0.0625. The molecule has 7 atom stereocenters. The number of nitrogens with two attached hydrogens (primary N) is 1. The third-order valence-electron chi connectivity index (χ3n) is 8.54. The van der Waals surface area contributed by atoms with E-state index in [4.69, 9.17) is 10.8 Å². The van der Waals surface area contributed by atoms with Crippen molar-refractivity contribution in [3.8, 4) is 5.75 Å². The zero-order chi connectivity index (χ0) is 40.7. The maximum Gasteiger partial charge on any atom is 0.326 e. The first-order valence-corrected chi connectivity index (χ1v) is 18.7. The van der Waals surface area contributed by atoms with Crippen LogP contribution in [0.15, 0.2) is 24.3 Å². The molecule has 1 aromatic carbocycles. The number of nitrogens with one attached hydrogen (secondary N) is 5. The molecule has 1 aromatic rings. The highest BCUT2D eigenvalue weighted by atomic mass is 32.2. The lowest BCUT2D eigenvalue weighted by Crippen LogP contribution is -2.61. The Labute approximate surface area is 316 Å². The number of carbonyl (C=O) groups is 8. The molecular formula is C34H51N7O12S. The molecule has 1 aliphatic heterocycles. The lowest BCUT2D eigenvalue weighted by Gasteiger charge is -2.29. The molecule has 0 saturated carbocycles. The molecule has 19 nitrogen and oxygen atoms in total. The van der Waals surface area contributed by atoms with Crippen LogP contribution in [0.4, 0.5) is 0 Å². The molecule has 1 fully saturated rings. The maximum absolute atomic E-state index is 13.8. The van der Waals surface area contributed by atoms with E-state index in [1.807, 2.05) is 0 Å². The Morgan fingerprint density at radius 3 is 2.07 bits per heavy atom. The number of carboxylic acid groups (broad SMARTS) is 2. The molecule has 2 rings (SSSR count). The number of rotatable bonds is 21. The Kier molecular flexibility index (Phi) is 18.1. The van der Waals surface area contributed by atoms with Crippen molar-refractivity contribution in [3.63, 3.8) is 0 Å². The van der Waals surface area contributed by atoms with Crippen LogP contribution in [0.5, 0.6) is 5.75 Å². The van der Waals surface area contributed by atoms with Crippen molar-refractivity contribution < 1.29 is 58.8 Å². The third-order valence-corrected chi connectivity index (χ3v) is 9.18. The summed E-state index contributed by atoms with van der Waals surface area (Å²) < 4.78 is 0. The highest BCUT2D eigenvalue weighted by Gasteiger charge is 2.39. The van der Waals surface area contributed by atoms with Gasteiger partial charge in [0.15, 0.2) is 0 Å². The summed E-state index contributed by atoms with van der Waals surface area (Å²) in [5, 5.41) is 50.9. The van der Waals surface area contributed by atoms with Crippen LogP contribution in [0.3, 0.4) is 0 Å². The first kappa shape index (κ1) is 45.2. The molecule has 1 saturated heterocycles. The first-order chi connectivity index (χ1) is 25.4. The number of nitrogens with zero attached hydrogens (tertiary/aromatic N) is 1. The SMILES string of the molecule is CSCC[C@H](NC(=O)[C@H](Cc1ccc(O)cc1)NC(=O)[C@@H](NC(=O)[C@@H]1CCCN1C(=O)[C@@H](N)CC(=O)O)[C@@H](C)O)C(=O)NCC(=O)N[C@H](C(=O)O)C(C)C. The van der Waals surface area contributed by atoms with E-state index >= 15 is 0 Å². The monoisotopic (exact) mass is 781 g/mol. The van der Waals surface area contributed by atoms with Crippen LogP contribution in [0, 0.1) is 5.92 Å². The van der Waals surface area contributed by atoms with E-state index < -0.39 is 109 Å². The molecule has 20 heteroatoms. The van der Waals surface area contributed by atoms with Crippen molar-refractivity contribution in [2.75, 3.05) is 25.1 Å². The van der Waals surface area contributed by atoms with E-state index in [1.165, 1.54) is 43.0 Å². The van der Waals surface area contributed by atoms with E-state index in [0.717, 1.165) is 4.90 Å². The van der Waals surface area contributed by atoms with Crippen molar-refractivity contribution in [1.29, 1.82) is 0 Å². The highest BCUT2D eigenvalue weighted by Crippen LogP contribution is 2.20. The lowest BCUT2D eigenvalue weighted by atomic mass is 10.0. The number of likely N-dealkylation sites (tertiary alicyclic amines) is 1. The maximum atomic E-state index is 13.8. The molecule has 11 N–H and O–H groups in total. The normalized spacial score (nSPS) is 17.2. The Bertz CT molecular complexity index is 1510. The van der Waals surface area contributed by atoms with Crippen LogP contribution in [0.25, 0.3) is 0 Å². The summed E-state index contributed by atoms with van der Waals surface area (Å²) in [5.41, 5.74) is 6.21. The van der Waals surface area contributed by atoms with Gasteiger partial charge in [-0.25, -0.2) is 4.79 Å². The fourth-order valence-corrected chi connectivity index (χ4v) is 6.06. The number of aromatic hydroxyl groups is 1. The summed E-state index contributed by atoms with van der Waals surface area (Å²) in [5.74, 6) is -7.59. The standard InChI is InChI=1S/C34H51N7O12S/c1-17(2)27(34(52)53)39-25(44)16-36-29(47)22(11-13-54-4)37-30(48)23(14-19-7-9-20(43)10-8-19)38-32(50)28(18(3)42)40-31(49)24-6-5-12-41(24)33(51)21(35)15-26(45)46/h7-10,17-18,21-24,27-28,42-43H,5-6,11-16,35H2,1-4H3,(H,36,47)(H,37,48)(H,38,50)(H,39,44)(H,40,49)(H,45,46)(H,52,53)/t18-,21+,22+,23+,24+,27+,28+/m1/s1. The van der Waals surface area contributed by atoms with Crippen LogP contribution in [-0.4, -0.2) is 140 Å². The topological polar surface area (TPSA) is 307 Å². The smallest absolute Gasteiger partial charge is 0.326 e. The zero-order valence-corrected chi connectivity index (χ0v) is 31.4. The highest BCUT2D eigenvalue weighted by molar-refractivity contribution is 7.98. The van der Waals surface area contributed by atoms with Gasteiger partial charge < -0.3 is 57.6 Å². The fraction of sp³-hybridized carbons (Fsp3) is 0.588. The van der Waals surface area contributed by atoms with Gasteiger partial charge in [-0.15, -0.1) is 0 Å². The number of carbonyl (C=O) groups excluding carboxylic acids is 6. The van der Waals surface area contributed by atoms with Gasteiger partial charge in [0.1, 0.15) is 36.0 Å². The van der Waals surface area contributed by atoms with Crippen molar-refractivity contribution in [1.82, 2.24) is 31.5 Å². The number of carboxylic acids is 2. The lowest BCUT2D eigenvalue weighted by molar-refractivity contribution is -0.144. The summed E-state index contributed by atoms with van der Waals surface area (Å²) in [6.45, 7) is 3.95. The predicted molar refractivity (Wildman–Crippen MR) is 195 cm³/mol. The number of thioether (sulfide) groups is 1. The number of aliphatic hydroxyl groups is 1. The largest absolute Gasteiger partial charge is 0.508 e. The van der Waals surface area contributed by atoms with Crippen molar-refractivity contribution in [3.05, 3.63) is 29.8 Å². The second-order valence-corrected chi connectivity index (χ2v) is 14.2. The minimum absolute atomic E-state index is 0.0649. The Balaban J connectivity index is 2.27. The molecule has 0 aromatic heterocycles. The Morgan fingerprint density at radius 2 is 1.52 bits per heavy atom. The van der Waals surface area contributed by atoms with Gasteiger partial charge in [-0.2, -0.15) is 11.8 Å². The van der Waals surface area contributed by atoms with Crippen LogP contribution < -0.4 is 32.3 Å². The molecule has 0 unspecified atom stereocenters. The van der Waals surface area contributed by atoms with E-state index in [9.17, 15) is 53.7 Å². The van der Waals surface area contributed by atoms with E-state index in [-0.39, 0.29) is 31.6 Å². The first-order valence-electron chi connectivity index (χ1n) is 17.3. The number of aliphatic hydroxyl groups excluding tert-OH is 1. The van der Waals surface area contributed by atoms with E-state index in [0.29, 0.717) is 17.7 Å². The van der Waals surface area contributed by atoms with Crippen molar-refractivity contribution in [2.45, 2.75) is 95.2 Å². The number of aliphatic carboxylic acids is 2. The van der Waals surface area contributed by atoms with Gasteiger partial charge in [-0.3, -0.25) is 33.6 Å². The number of hydrogen-bond donors (Lipinski definition) is 10. The number of phenolic OH excluding ortho intramolecular Hbond substituents is 1. The van der Waals surface area contributed by atoms with Gasteiger partial charge in [-0.05, 0) is 61.8 Å². The second-order valence-electron chi connectivity index (χ2n) is 13.2. The van der Waals surface area contributed by atoms with Gasteiger partial charge in [0, 0.05) is 13.0 Å². The van der Waals surface area contributed by atoms with Gasteiger partial charge >= 0.3 is 11.9 Å². The number of phenols is 1. The molecule has 0 bridgehead atoms. The Hall–Kier alpha value is -4.95. The molecule has 1 aliphatic rings. The second kappa shape index (κ2) is 21.7. The number of hydrogen-bond acceptors (Lipinski definition) is 12. The molecular weight excluding hydrogens is 730 g/mol. The molecule has 54 heavy (non-hydrogen) atoms. The van der Waals surface area contributed by atoms with E-state index in [1.54, 1.807) is 20.1 Å². The molecule has 0 radical (unpaired) electrons. The summed E-state index contributed by atoms with van der Waals surface area (Å²) in [4.78, 5) is 103. The van der Waals surface area contributed by atoms with Gasteiger partial charge in [0.2, 0.25) is 35.4 Å². The van der Waals surface area contributed by atoms with Crippen LogP contribution in [-0.2, 0) is 44.8 Å². The Morgan fingerprint density at radius 1 is 0.889 bits per heavy atom. The minimum Gasteiger partial charge on any atom is -0.508 e. The molecule has 1 heterocycles. The van der Waals surface area contributed by atoms with Gasteiger partial charge in [0.05, 0.1) is 25.1 Å². The molecule has 0 aliphatic carbocycles. The van der Waals surface area contributed by atoms with Crippen LogP contribution in [0.1, 0.15) is 52.0 Å². The molecule has 0 spiro atoms. The number of amides is 6. The van der Waals surface area contributed by atoms with E-state index in [2.05, 4.69) is 26.6 Å². The summed E-state index contributed by atoms with van der Waals surface area (Å²) in [6.07, 6.45) is 0.101. The average molecular weight is 782 g/mol. The van der Waals surface area contributed by atoms with Crippen LogP contribution in [0.2, 0.25) is 0 Å². The average Bonchev–Trinajstić information content (AvgIpc) is 3.59. The van der Waals surface area contributed by atoms with Crippen molar-refractivity contribution in [2.24, 2.45) is 11.7 Å². The van der Waals surface area contributed by atoms with Gasteiger partial charge in [-0.1, -0.05) is 26.0 Å². The zero-order valence-electron chi connectivity index (χ0n) is 30.6. The number of benzene rings is 1. The summed E-state index contributed by atoms with van der Waals surface area (Å²) in [6, 6.07) is -2.25. The van der Waals surface area contributed by atoms with Crippen LogP contribution >= 0.6 is 11.8 Å². The minimum atomic E-state index is -1.63. The molecule has 300 valence electrons.